The van der Waals surface area contributed by atoms with Crippen LogP contribution in [0.15, 0.2) is 58.3 Å². The van der Waals surface area contributed by atoms with Crippen molar-refractivity contribution in [3.63, 3.8) is 0 Å². The van der Waals surface area contributed by atoms with Crippen LogP contribution in [0.2, 0.25) is 0 Å². The summed E-state index contributed by atoms with van der Waals surface area (Å²) in [5, 5.41) is 22.1. The summed E-state index contributed by atoms with van der Waals surface area (Å²) in [7, 11) is 2.63. The molecule has 0 unspecified atom stereocenters. The van der Waals surface area contributed by atoms with E-state index in [2.05, 4.69) is 36.6 Å². The van der Waals surface area contributed by atoms with Crippen molar-refractivity contribution in [2.45, 2.75) is 25.8 Å². The first-order chi connectivity index (χ1) is 16.1. The Balaban J connectivity index is 1.74. The molecule has 34 heavy (non-hydrogen) atoms. The van der Waals surface area contributed by atoms with E-state index in [9.17, 15) is 20.0 Å². The lowest BCUT2D eigenvalue weighted by Gasteiger charge is -2.16. The highest BCUT2D eigenvalue weighted by atomic mass is 16.3. The zero-order chi connectivity index (χ0) is 24.8. The summed E-state index contributed by atoms with van der Waals surface area (Å²) >= 11 is 0. The highest BCUT2D eigenvalue weighted by Gasteiger charge is 2.43. The minimum absolute atomic E-state index is 0.144. The third-order valence-corrected chi connectivity index (χ3v) is 6.43. The molecule has 0 aliphatic carbocycles. The summed E-state index contributed by atoms with van der Waals surface area (Å²) in [6, 6.07) is 12.2. The second kappa shape index (κ2) is 8.28. The van der Waals surface area contributed by atoms with Crippen molar-refractivity contribution < 1.29 is 9.67 Å². The Hall–Kier alpha value is -4.22. The van der Waals surface area contributed by atoms with E-state index in [-0.39, 0.29) is 11.0 Å². The maximum absolute atomic E-state index is 12.3. The van der Waals surface area contributed by atoms with E-state index in [0.717, 1.165) is 26.1 Å². The number of nitriles is 1. The highest BCUT2D eigenvalue weighted by Crippen LogP contribution is 2.39. The van der Waals surface area contributed by atoms with Gasteiger partial charge in [0.25, 0.3) is 5.56 Å². The van der Waals surface area contributed by atoms with Crippen molar-refractivity contribution in [1.82, 2.24) is 9.13 Å². The van der Waals surface area contributed by atoms with Crippen LogP contribution in [-0.4, -0.2) is 9.13 Å². The topological polar surface area (TPSA) is 121 Å². The SMILES string of the molecule is Cn1c([O-])c(C=CC=C(C#N)c2cc[n+]3c(c2)C(C)(C)c2cc(CN)ccc2-3)c(=O)n(C)c1=O. The van der Waals surface area contributed by atoms with Crippen molar-refractivity contribution in [3.05, 3.63) is 97.5 Å². The lowest BCUT2D eigenvalue weighted by atomic mass is 9.82. The fourth-order valence-electron chi connectivity index (χ4n) is 4.35. The molecule has 0 fully saturated rings. The molecule has 4 rings (SSSR count). The quantitative estimate of drug-likeness (QED) is 0.359. The average molecular weight is 456 g/mol. The van der Waals surface area contributed by atoms with Gasteiger partial charge >= 0.3 is 5.69 Å². The Bertz CT molecular complexity index is 1550. The third kappa shape index (κ3) is 3.47. The number of allylic oxidation sites excluding steroid dienone is 3. The second-order valence-corrected chi connectivity index (χ2v) is 8.83. The van der Waals surface area contributed by atoms with Crippen LogP contribution in [0.3, 0.4) is 0 Å². The van der Waals surface area contributed by atoms with Crippen LogP contribution >= 0.6 is 0 Å². The van der Waals surface area contributed by atoms with E-state index in [1.54, 1.807) is 6.08 Å². The van der Waals surface area contributed by atoms with Crippen LogP contribution < -0.4 is 26.7 Å². The smallest absolute Gasteiger partial charge is 0.329 e. The van der Waals surface area contributed by atoms with Gasteiger partial charge in [0.15, 0.2) is 11.9 Å². The summed E-state index contributed by atoms with van der Waals surface area (Å²) < 4.78 is 3.87. The van der Waals surface area contributed by atoms with E-state index in [4.69, 9.17) is 5.73 Å². The van der Waals surface area contributed by atoms with Gasteiger partial charge < -0.3 is 15.4 Å². The van der Waals surface area contributed by atoms with Crippen molar-refractivity contribution >= 4 is 11.6 Å². The molecule has 0 saturated heterocycles. The van der Waals surface area contributed by atoms with Crippen molar-refractivity contribution in [1.29, 1.82) is 5.26 Å². The van der Waals surface area contributed by atoms with E-state index < -0.39 is 17.1 Å². The number of pyridine rings is 1. The Morgan fingerprint density at radius 3 is 2.62 bits per heavy atom. The summed E-state index contributed by atoms with van der Waals surface area (Å²) in [4.78, 5) is 24.2. The standard InChI is InChI=1S/C26H25N5O3/c1-26(2)20-12-16(14-27)8-9-21(20)31-11-10-17(13-22(26)31)18(15-28)6-5-7-19-23(32)29(3)25(34)30(4)24(19)33/h5-13H,14,27H2,1-4H3. The number of benzene rings is 1. The van der Waals surface area contributed by atoms with Gasteiger partial charge in [0.2, 0.25) is 5.69 Å². The summed E-state index contributed by atoms with van der Waals surface area (Å²) in [5.74, 6) is -0.679. The lowest BCUT2D eigenvalue weighted by Crippen LogP contribution is -2.39. The zero-order valence-electron chi connectivity index (χ0n) is 19.5. The van der Waals surface area contributed by atoms with Crippen molar-refractivity contribution in [2.75, 3.05) is 0 Å². The molecule has 0 atom stereocenters. The fourth-order valence-corrected chi connectivity index (χ4v) is 4.35. The molecule has 1 aromatic carbocycles. The molecule has 0 spiro atoms. The normalized spacial score (nSPS) is 14.2. The van der Waals surface area contributed by atoms with Gasteiger partial charge in [-0.15, -0.1) is 0 Å². The van der Waals surface area contributed by atoms with Crippen LogP contribution in [0.4, 0.5) is 0 Å². The van der Waals surface area contributed by atoms with E-state index in [1.807, 2.05) is 24.4 Å². The second-order valence-electron chi connectivity index (χ2n) is 8.83. The Morgan fingerprint density at radius 2 is 1.94 bits per heavy atom. The van der Waals surface area contributed by atoms with Gasteiger partial charge in [0.05, 0.1) is 17.1 Å². The first kappa shape index (κ1) is 23.0. The molecule has 2 aromatic heterocycles. The molecule has 1 aliphatic heterocycles. The highest BCUT2D eigenvalue weighted by molar-refractivity contribution is 5.79. The molecular weight excluding hydrogens is 430 g/mol. The van der Waals surface area contributed by atoms with Crippen molar-refractivity contribution in [3.8, 4) is 17.6 Å². The van der Waals surface area contributed by atoms with Gasteiger partial charge in [-0.2, -0.15) is 9.83 Å². The van der Waals surface area contributed by atoms with Crippen LogP contribution in [0.25, 0.3) is 17.3 Å². The molecule has 0 radical (unpaired) electrons. The van der Waals surface area contributed by atoms with Gasteiger partial charge in [-0.1, -0.05) is 12.1 Å². The van der Waals surface area contributed by atoms with Gasteiger partial charge in [-0.05, 0) is 43.5 Å². The van der Waals surface area contributed by atoms with Gasteiger partial charge in [0.1, 0.15) is 0 Å². The first-order valence-corrected chi connectivity index (χ1v) is 10.8. The minimum Gasteiger partial charge on any atom is -0.859 e. The minimum atomic E-state index is -0.682. The molecule has 172 valence electrons. The third-order valence-electron chi connectivity index (χ3n) is 6.43. The fraction of sp³-hybridized carbons (Fsp3) is 0.231. The largest absolute Gasteiger partial charge is 0.859 e. The number of fused-ring (bicyclic) bond motifs is 3. The predicted molar refractivity (Wildman–Crippen MR) is 127 cm³/mol. The number of hydrogen-bond acceptors (Lipinski definition) is 5. The summed E-state index contributed by atoms with van der Waals surface area (Å²) in [6.07, 6.45) is 6.30. The molecule has 8 nitrogen and oxygen atoms in total. The maximum Gasteiger partial charge on any atom is 0.329 e. The zero-order valence-corrected chi connectivity index (χ0v) is 19.5. The molecule has 3 aromatic rings. The Morgan fingerprint density at radius 1 is 1.21 bits per heavy atom. The number of rotatable bonds is 4. The lowest BCUT2D eigenvalue weighted by molar-refractivity contribution is -0.599. The Labute approximate surface area is 196 Å². The first-order valence-electron chi connectivity index (χ1n) is 10.8. The summed E-state index contributed by atoms with van der Waals surface area (Å²) in [5.41, 5.74) is 9.49. The van der Waals surface area contributed by atoms with Crippen LogP contribution in [0, 0.1) is 11.3 Å². The number of hydrogen-bond donors (Lipinski definition) is 1. The van der Waals surface area contributed by atoms with E-state index >= 15 is 0 Å². The van der Waals surface area contributed by atoms with Gasteiger partial charge in [-0.3, -0.25) is 9.36 Å². The number of nitrogens with zero attached hydrogens (tertiary/aromatic N) is 4. The van der Waals surface area contributed by atoms with Gasteiger partial charge in [0, 0.05) is 55.5 Å². The molecule has 0 bridgehead atoms. The number of nitrogens with two attached hydrogens (primary N) is 1. The Kier molecular flexibility index (Phi) is 5.59. The van der Waals surface area contributed by atoms with Gasteiger partial charge in [-0.25, -0.2) is 4.79 Å². The predicted octanol–water partition coefficient (Wildman–Crippen LogP) is 1.15. The monoisotopic (exact) mass is 455 g/mol. The molecule has 3 heterocycles. The average Bonchev–Trinajstić information content (AvgIpc) is 3.07. The van der Waals surface area contributed by atoms with Crippen LogP contribution in [0.5, 0.6) is 5.88 Å². The molecule has 2 N–H and O–H groups in total. The molecule has 8 heteroatoms. The van der Waals surface area contributed by atoms with Crippen LogP contribution in [-0.2, 0) is 26.1 Å². The molecular formula is C26H25N5O3. The molecule has 0 saturated carbocycles. The molecule has 1 aliphatic rings. The number of aromatic nitrogens is 3. The van der Waals surface area contributed by atoms with Crippen molar-refractivity contribution in [2.24, 2.45) is 19.8 Å². The maximum atomic E-state index is 12.3. The molecule has 0 amide bonds. The summed E-state index contributed by atoms with van der Waals surface area (Å²) in [6.45, 7) is 4.73. The van der Waals surface area contributed by atoms with Crippen LogP contribution in [0.1, 0.15) is 41.8 Å². The van der Waals surface area contributed by atoms with E-state index in [1.165, 1.54) is 31.8 Å². The van der Waals surface area contributed by atoms with E-state index in [0.29, 0.717) is 17.7 Å².